The summed E-state index contributed by atoms with van der Waals surface area (Å²) in [5.41, 5.74) is 5.19. The lowest BCUT2D eigenvalue weighted by Crippen LogP contribution is -2.52. The minimum absolute atomic E-state index is 0.0105. The first kappa shape index (κ1) is 15.7. The van der Waals surface area contributed by atoms with E-state index in [9.17, 15) is 4.79 Å². The zero-order chi connectivity index (χ0) is 14.5. The lowest BCUT2D eigenvalue weighted by atomic mass is 9.96. The summed E-state index contributed by atoms with van der Waals surface area (Å²) >= 11 is 0. The Bertz CT molecular complexity index is 385. The molecule has 0 spiro atoms. The molecule has 2 unspecified atom stereocenters. The van der Waals surface area contributed by atoms with Crippen LogP contribution in [-0.2, 0) is 4.79 Å². The van der Waals surface area contributed by atoms with Gasteiger partial charge in [0, 0.05) is 6.54 Å². The second kappa shape index (κ2) is 6.73. The third kappa shape index (κ3) is 4.36. The number of likely N-dealkylation sites (N-methyl/N-ethyl adjacent to an activating group) is 1. The van der Waals surface area contributed by atoms with Crippen LogP contribution < -0.4 is 11.1 Å². The first-order valence-corrected chi connectivity index (χ1v) is 6.65. The van der Waals surface area contributed by atoms with E-state index in [0.29, 0.717) is 13.0 Å². The topological polar surface area (TPSA) is 71.5 Å². The Morgan fingerprint density at radius 2 is 2.26 bits per heavy atom. The maximum atomic E-state index is 12.1. The summed E-state index contributed by atoms with van der Waals surface area (Å²) in [6.07, 6.45) is 3.19. The molecule has 0 aromatic carbocycles. The maximum absolute atomic E-state index is 12.1. The van der Waals surface area contributed by atoms with Gasteiger partial charge in [-0.2, -0.15) is 0 Å². The quantitative estimate of drug-likeness (QED) is 0.785. The van der Waals surface area contributed by atoms with Gasteiger partial charge in [0.2, 0.25) is 5.91 Å². The van der Waals surface area contributed by atoms with Crippen LogP contribution in [0.2, 0.25) is 0 Å². The van der Waals surface area contributed by atoms with Gasteiger partial charge < -0.3 is 15.5 Å². The van der Waals surface area contributed by atoms with Crippen LogP contribution >= 0.6 is 0 Å². The number of hydrogen-bond donors (Lipinski definition) is 2. The monoisotopic (exact) mass is 267 g/mol. The van der Waals surface area contributed by atoms with Crippen LogP contribution in [0.4, 0.5) is 0 Å². The predicted octanol–water partition coefficient (Wildman–Crippen LogP) is 1.52. The van der Waals surface area contributed by atoms with Crippen molar-refractivity contribution in [1.29, 1.82) is 0 Å². The summed E-state index contributed by atoms with van der Waals surface area (Å²) in [4.78, 5) is 14.1. The molecule has 19 heavy (non-hydrogen) atoms. The second-order valence-corrected chi connectivity index (χ2v) is 5.37. The van der Waals surface area contributed by atoms with E-state index in [4.69, 9.17) is 10.2 Å². The molecule has 0 aliphatic carbocycles. The highest BCUT2D eigenvalue weighted by Gasteiger charge is 2.28. The minimum Gasteiger partial charge on any atom is -0.468 e. The molecule has 0 saturated carbocycles. The van der Waals surface area contributed by atoms with Gasteiger partial charge >= 0.3 is 0 Å². The summed E-state index contributed by atoms with van der Waals surface area (Å²) in [5, 5.41) is 2.91. The van der Waals surface area contributed by atoms with Crippen molar-refractivity contribution in [3.63, 3.8) is 0 Å². The highest BCUT2D eigenvalue weighted by molar-refractivity contribution is 5.85. The largest absolute Gasteiger partial charge is 0.468 e. The van der Waals surface area contributed by atoms with Gasteiger partial charge in [-0.1, -0.05) is 13.3 Å². The van der Waals surface area contributed by atoms with Gasteiger partial charge in [-0.15, -0.1) is 0 Å². The molecule has 1 rings (SSSR count). The summed E-state index contributed by atoms with van der Waals surface area (Å²) in [5.74, 6) is 0.715. The Kier molecular flexibility index (Phi) is 5.57. The molecule has 1 aromatic heterocycles. The molecule has 108 valence electrons. The summed E-state index contributed by atoms with van der Waals surface area (Å²) in [7, 11) is 3.90. The van der Waals surface area contributed by atoms with E-state index in [1.807, 2.05) is 38.1 Å². The van der Waals surface area contributed by atoms with Crippen LogP contribution in [0.1, 0.15) is 38.5 Å². The van der Waals surface area contributed by atoms with Gasteiger partial charge in [0.25, 0.3) is 0 Å². The summed E-state index contributed by atoms with van der Waals surface area (Å²) in [6.45, 7) is 4.27. The first-order chi connectivity index (χ1) is 8.88. The predicted molar refractivity (Wildman–Crippen MR) is 75.6 cm³/mol. The molecule has 0 aliphatic rings. The third-order valence-electron chi connectivity index (χ3n) is 3.24. The van der Waals surface area contributed by atoms with Crippen molar-refractivity contribution in [2.45, 2.75) is 38.3 Å². The number of nitrogens with zero attached hydrogens (tertiary/aromatic N) is 1. The molecular weight excluding hydrogens is 242 g/mol. The van der Waals surface area contributed by atoms with Crippen molar-refractivity contribution in [2.24, 2.45) is 5.73 Å². The van der Waals surface area contributed by atoms with E-state index in [2.05, 4.69) is 5.32 Å². The molecule has 0 radical (unpaired) electrons. The number of carbonyl (C=O) groups is 1. The molecule has 0 bridgehead atoms. The van der Waals surface area contributed by atoms with Gasteiger partial charge in [0.05, 0.1) is 17.8 Å². The van der Waals surface area contributed by atoms with E-state index in [1.54, 1.807) is 13.2 Å². The molecule has 1 amide bonds. The lowest BCUT2D eigenvalue weighted by Gasteiger charge is -2.27. The van der Waals surface area contributed by atoms with Crippen molar-refractivity contribution >= 4 is 5.91 Å². The van der Waals surface area contributed by atoms with Gasteiger partial charge in [-0.3, -0.25) is 9.69 Å². The van der Waals surface area contributed by atoms with Gasteiger partial charge in [-0.25, -0.2) is 0 Å². The smallest absolute Gasteiger partial charge is 0.239 e. The van der Waals surface area contributed by atoms with Crippen LogP contribution in [0.3, 0.4) is 0 Å². The Morgan fingerprint density at radius 3 is 2.74 bits per heavy atom. The minimum atomic E-state index is -0.811. The fourth-order valence-electron chi connectivity index (χ4n) is 2.04. The number of nitrogens with two attached hydrogens (primary N) is 1. The van der Waals surface area contributed by atoms with E-state index in [-0.39, 0.29) is 11.9 Å². The van der Waals surface area contributed by atoms with Crippen molar-refractivity contribution < 1.29 is 9.21 Å². The molecular formula is C14H25N3O2. The molecule has 5 heteroatoms. The highest BCUT2D eigenvalue weighted by Crippen LogP contribution is 2.18. The Balaban J connectivity index is 2.61. The van der Waals surface area contributed by atoms with Crippen molar-refractivity contribution in [3.8, 4) is 0 Å². The van der Waals surface area contributed by atoms with E-state index in [1.165, 1.54) is 0 Å². The normalized spacial score (nSPS) is 16.1. The van der Waals surface area contributed by atoms with Crippen LogP contribution in [-0.4, -0.2) is 37.0 Å². The number of carbonyl (C=O) groups excluding carboxylic acids is 1. The fourth-order valence-corrected chi connectivity index (χ4v) is 2.04. The average molecular weight is 267 g/mol. The van der Waals surface area contributed by atoms with Crippen LogP contribution in [0.25, 0.3) is 0 Å². The van der Waals surface area contributed by atoms with E-state index >= 15 is 0 Å². The zero-order valence-corrected chi connectivity index (χ0v) is 12.3. The second-order valence-electron chi connectivity index (χ2n) is 5.37. The van der Waals surface area contributed by atoms with Crippen LogP contribution in [0.15, 0.2) is 22.8 Å². The molecule has 0 fully saturated rings. The molecule has 1 aromatic rings. The maximum Gasteiger partial charge on any atom is 0.239 e. The van der Waals surface area contributed by atoms with E-state index in [0.717, 1.165) is 12.2 Å². The Labute approximate surface area is 115 Å². The average Bonchev–Trinajstić information content (AvgIpc) is 2.82. The number of rotatable bonds is 7. The molecule has 1 heterocycles. The number of amides is 1. The Morgan fingerprint density at radius 1 is 1.58 bits per heavy atom. The summed E-state index contributed by atoms with van der Waals surface area (Å²) < 4.78 is 5.40. The van der Waals surface area contributed by atoms with Crippen molar-refractivity contribution in [3.05, 3.63) is 24.2 Å². The first-order valence-electron chi connectivity index (χ1n) is 6.65. The molecule has 0 aliphatic heterocycles. The zero-order valence-electron chi connectivity index (χ0n) is 12.3. The number of hydrogen-bond acceptors (Lipinski definition) is 4. The lowest BCUT2D eigenvalue weighted by molar-refractivity contribution is -0.126. The van der Waals surface area contributed by atoms with Gasteiger partial charge in [-0.05, 0) is 39.6 Å². The fraction of sp³-hybridized carbons (Fsp3) is 0.643. The van der Waals surface area contributed by atoms with E-state index < -0.39 is 5.54 Å². The summed E-state index contributed by atoms with van der Waals surface area (Å²) in [6, 6.07) is 3.76. The molecule has 3 N–H and O–H groups in total. The Hall–Kier alpha value is -1.33. The number of nitrogens with one attached hydrogen (secondary N) is 1. The van der Waals surface area contributed by atoms with Crippen molar-refractivity contribution in [2.75, 3.05) is 20.6 Å². The van der Waals surface area contributed by atoms with Gasteiger partial charge in [0.15, 0.2) is 0 Å². The highest BCUT2D eigenvalue weighted by atomic mass is 16.3. The third-order valence-corrected chi connectivity index (χ3v) is 3.24. The number of furan rings is 1. The standard InChI is InChI=1S/C14H25N3O2/c1-5-8-14(2,15)13(18)16-10-11(17(3)4)12-7-6-9-19-12/h6-7,9,11H,5,8,10,15H2,1-4H3,(H,16,18). The molecule has 0 saturated heterocycles. The van der Waals surface area contributed by atoms with Crippen LogP contribution in [0, 0.1) is 0 Å². The molecule has 5 nitrogen and oxygen atoms in total. The van der Waals surface area contributed by atoms with Crippen LogP contribution in [0.5, 0.6) is 0 Å². The van der Waals surface area contributed by atoms with Gasteiger partial charge in [0.1, 0.15) is 5.76 Å². The molecule has 2 atom stereocenters. The SMILES string of the molecule is CCCC(C)(N)C(=O)NCC(c1ccco1)N(C)C. The van der Waals surface area contributed by atoms with Crippen molar-refractivity contribution in [1.82, 2.24) is 10.2 Å².